The molecule has 0 aromatic heterocycles. The number of carbonyl (C=O) groups is 2. The van der Waals surface area contributed by atoms with Gasteiger partial charge in [-0.05, 0) is 26.7 Å². The van der Waals surface area contributed by atoms with Gasteiger partial charge in [0.25, 0.3) is 0 Å². The molecule has 0 saturated heterocycles. The molecule has 0 saturated carbocycles. The van der Waals surface area contributed by atoms with Crippen LogP contribution in [-0.4, -0.2) is 50.4 Å². The minimum atomic E-state index is -3.33. The minimum Gasteiger partial charge on any atom is -0.481 e. The molecule has 0 aromatic rings. The zero-order chi connectivity index (χ0) is 16.5. The molecule has 0 radical (unpaired) electrons. The van der Waals surface area contributed by atoms with Crippen molar-refractivity contribution in [3.05, 3.63) is 0 Å². The SMILES string of the molecule is CC(C)(CNC(=O)NCCCCCC(=O)O)NS(C)(=O)=O. The summed E-state index contributed by atoms with van der Waals surface area (Å²) < 4.78 is 24.7. The summed E-state index contributed by atoms with van der Waals surface area (Å²) in [6.45, 7) is 3.94. The van der Waals surface area contributed by atoms with E-state index in [-0.39, 0.29) is 19.0 Å². The van der Waals surface area contributed by atoms with Gasteiger partial charge in [-0.1, -0.05) is 6.42 Å². The van der Waals surface area contributed by atoms with Gasteiger partial charge in [-0.3, -0.25) is 4.79 Å². The Morgan fingerprint density at radius 2 is 1.71 bits per heavy atom. The number of nitrogens with one attached hydrogen (secondary N) is 3. The molecular weight excluding hydrogens is 298 g/mol. The molecule has 0 rings (SSSR count). The van der Waals surface area contributed by atoms with Gasteiger partial charge in [-0.2, -0.15) is 0 Å². The van der Waals surface area contributed by atoms with Crippen LogP contribution >= 0.6 is 0 Å². The molecule has 0 aliphatic rings. The van der Waals surface area contributed by atoms with Gasteiger partial charge in [0.1, 0.15) is 0 Å². The second-order valence-corrected chi connectivity index (χ2v) is 7.32. The Morgan fingerprint density at radius 3 is 2.24 bits per heavy atom. The lowest BCUT2D eigenvalue weighted by molar-refractivity contribution is -0.137. The third-order valence-electron chi connectivity index (χ3n) is 2.51. The highest BCUT2D eigenvalue weighted by molar-refractivity contribution is 7.88. The molecule has 0 unspecified atom stereocenters. The molecular formula is C12H25N3O5S. The average Bonchev–Trinajstić information content (AvgIpc) is 2.27. The van der Waals surface area contributed by atoms with Crippen LogP contribution in [0.25, 0.3) is 0 Å². The van der Waals surface area contributed by atoms with Crippen LogP contribution in [0.3, 0.4) is 0 Å². The summed E-state index contributed by atoms with van der Waals surface area (Å²) >= 11 is 0. The lowest BCUT2D eigenvalue weighted by Crippen LogP contribution is -2.52. The van der Waals surface area contributed by atoms with Gasteiger partial charge >= 0.3 is 12.0 Å². The van der Waals surface area contributed by atoms with Crippen LogP contribution in [0.5, 0.6) is 0 Å². The molecule has 0 bridgehead atoms. The van der Waals surface area contributed by atoms with E-state index in [4.69, 9.17) is 5.11 Å². The van der Waals surface area contributed by atoms with Crippen LogP contribution in [-0.2, 0) is 14.8 Å². The van der Waals surface area contributed by atoms with Crippen LogP contribution in [0, 0.1) is 0 Å². The molecule has 0 spiro atoms. The molecule has 2 amide bonds. The summed E-state index contributed by atoms with van der Waals surface area (Å²) in [7, 11) is -3.33. The Labute approximate surface area is 125 Å². The molecule has 0 atom stereocenters. The summed E-state index contributed by atoms with van der Waals surface area (Å²) in [4.78, 5) is 21.8. The fraction of sp³-hybridized carbons (Fsp3) is 0.833. The molecule has 0 fully saturated rings. The van der Waals surface area contributed by atoms with Gasteiger partial charge in [0.05, 0.1) is 6.26 Å². The molecule has 0 aliphatic heterocycles. The predicted octanol–water partition coefficient (Wildman–Crippen LogP) is 0.258. The average molecular weight is 323 g/mol. The number of hydrogen-bond donors (Lipinski definition) is 4. The van der Waals surface area contributed by atoms with Crippen molar-refractivity contribution in [2.75, 3.05) is 19.3 Å². The Kier molecular flexibility index (Phi) is 8.26. The summed E-state index contributed by atoms with van der Waals surface area (Å²) in [6, 6.07) is -0.378. The number of aliphatic carboxylic acids is 1. The molecule has 124 valence electrons. The van der Waals surface area contributed by atoms with Crippen molar-refractivity contribution in [3.63, 3.8) is 0 Å². The third kappa shape index (κ3) is 13.4. The highest BCUT2D eigenvalue weighted by atomic mass is 32.2. The Hall–Kier alpha value is -1.35. The Balaban J connectivity index is 3.78. The largest absolute Gasteiger partial charge is 0.481 e. The van der Waals surface area contributed by atoms with Crippen molar-refractivity contribution in [2.45, 2.75) is 45.1 Å². The first-order chi connectivity index (χ1) is 9.52. The van der Waals surface area contributed by atoms with E-state index in [0.29, 0.717) is 19.4 Å². The molecule has 9 heteroatoms. The van der Waals surface area contributed by atoms with Crippen molar-refractivity contribution in [3.8, 4) is 0 Å². The van der Waals surface area contributed by atoms with Crippen molar-refractivity contribution in [1.29, 1.82) is 0 Å². The molecule has 21 heavy (non-hydrogen) atoms. The summed E-state index contributed by atoms with van der Waals surface area (Å²) in [5, 5.41) is 13.7. The van der Waals surface area contributed by atoms with E-state index in [1.54, 1.807) is 13.8 Å². The second-order valence-electron chi connectivity index (χ2n) is 5.57. The fourth-order valence-electron chi connectivity index (χ4n) is 1.68. The van der Waals surface area contributed by atoms with Gasteiger partial charge in [0.2, 0.25) is 10.0 Å². The van der Waals surface area contributed by atoms with Gasteiger partial charge in [-0.25, -0.2) is 17.9 Å². The van der Waals surface area contributed by atoms with Crippen LogP contribution in [0.15, 0.2) is 0 Å². The Bertz CT molecular complexity index is 448. The molecule has 0 heterocycles. The fourth-order valence-corrected chi connectivity index (χ4v) is 2.76. The number of hydrogen-bond acceptors (Lipinski definition) is 4. The lowest BCUT2D eigenvalue weighted by atomic mass is 10.1. The monoisotopic (exact) mass is 323 g/mol. The van der Waals surface area contributed by atoms with Crippen molar-refractivity contribution in [2.24, 2.45) is 0 Å². The maximum atomic E-state index is 11.5. The van der Waals surface area contributed by atoms with Crippen molar-refractivity contribution in [1.82, 2.24) is 15.4 Å². The van der Waals surface area contributed by atoms with Crippen LogP contribution in [0.1, 0.15) is 39.5 Å². The zero-order valence-corrected chi connectivity index (χ0v) is 13.5. The molecule has 0 aromatic carbocycles. The van der Waals surface area contributed by atoms with E-state index in [2.05, 4.69) is 15.4 Å². The number of rotatable bonds is 10. The highest BCUT2D eigenvalue weighted by Gasteiger charge is 2.22. The third-order valence-corrected chi connectivity index (χ3v) is 3.43. The van der Waals surface area contributed by atoms with Gasteiger partial charge in [0, 0.05) is 25.0 Å². The van der Waals surface area contributed by atoms with E-state index in [1.165, 1.54) is 0 Å². The number of unbranched alkanes of at least 4 members (excludes halogenated alkanes) is 2. The van der Waals surface area contributed by atoms with E-state index in [1.807, 2.05) is 0 Å². The smallest absolute Gasteiger partial charge is 0.314 e. The first-order valence-corrected chi connectivity index (χ1v) is 8.63. The molecule has 4 N–H and O–H groups in total. The number of urea groups is 1. The maximum absolute atomic E-state index is 11.5. The van der Waals surface area contributed by atoms with Crippen LogP contribution in [0.4, 0.5) is 4.79 Å². The van der Waals surface area contributed by atoms with E-state index in [9.17, 15) is 18.0 Å². The minimum absolute atomic E-state index is 0.136. The summed E-state index contributed by atoms with van der Waals surface area (Å²) in [5.74, 6) is -0.818. The second kappa shape index (κ2) is 8.83. The number of carboxylic acid groups (broad SMARTS) is 1. The quantitative estimate of drug-likeness (QED) is 0.429. The molecule has 0 aliphatic carbocycles. The predicted molar refractivity (Wildman–Crippen MR) is 79.6 cm³/mol. The summed E-state index contributed by atoms with van der Waals surface area (Å²) in [5.41, 5.74) is -0.771. The normalized spacial score (nSPS) is 12.0. The van der Waals surface area contributed by atoms with Gasteiger partial charge in [-0.15, -0.1) is 0 Å². The first-order valence-electron chi connectivity index (χ1n) is 6.74. The Morgan fingerprint density at radius 1 is 1.10 bits per heavy atom. The standard InChI is InChI=1S/C12H25N3O5S/c1-12(2,15-21(3,19)20)9-14-11(18)13-8-6-4-5-7-10(16)17/h15H,4-9H2,1-3H3,(H,16,17)(H2,13,14,18). The van der Waals surface area contributed by atoms with Crippen LogP contribution < -0.4 is 15.4 Å². The molecule has 8 nitrogen and oxygen atoms in total. The van der Waals surface area contributed by atoms with E-state index >= 15 is 0 Å². The lowest BCUT2D eigenvalue weighted by Gasteiger charge is -2.25. The maximum Gasteiger partial charge on any atom is 0.314 e. The number of carboxylic acids is 1. The van der Waals surface area contributed by atoms with Crippen molar-refractivity contribution < 1.29 is 23.1 Å². The zero-order valence-electron chi connectivity index (χ0n) is 12.7. The van der Waals surface area contributed by atoms with Gasteiger partial charge in [0.15, 0.2) is 0 Å². The topological polar surface area (TPSA) is 125 Å². The first kappa shape index (κ1) is 19.7. The number of amides is 2. The number of carbonyl (C=O) groups excluding carboxylic acids is 1. The van der Waals surface area contributed by atoms with E-state index in [0.717, 1.165) is 12.7 Å². The highest BCUT2D eigenvalue weighted by Crippen LogP contribution is 2.02. The summed E-state index contributed by atoms with van der Waals surface area (Å²) in [6.07, 6.45) is 3.22. The van der Waals surface area contributed by atoms with Crippen LogP contribution in [0.2, 0.25) is 0 Å². The number of sulfonamides is 1. The van der Waals surface area contributed by atoms with Gasteiger partial charge < -0.3 is 15.7 Å². The van der Waals surface area contributed by atoms with E-state index < -0.39 is 21.5 Å². The van der Waals surface area contributed by atoms with Crippen molar-refractivity contribution >= 4 is 22.0 Å².